The molecule has 84 valence electrons. The molecule has 0 aliphatic heterocycles. The number of rotatable bonds is 3. The van der Waals surface area contributed by atoms with E-state index in [2.05, 4.69) is 10.2 Å². The molecule has 4 heteroatoms. The van der Waals surface area contributed by atoms with Crippen LogP contribution < -0.4 is 5.73 Å². The van der Waals surface area contributed by atoms with Crippen molar-refractivity contribution in [2.75, 3.05) is 6.54 Å². The number of benzene rings is 1. The first kappa shape index (κ1) is 10.8. The summed E-state index contributed by atoms with van der Waals surface area (Å²) in [5.41, 5.74) is 8.62. The number of nitrogens with zero attached hydrogens (tertiary/aromatic N) is 1. The van der Waals surface area contributed by atoms with E-state index in [1.807, 2.05) is 13.0 Å². The predicted octanol–water partition coefficient (Wildman–Crippen LogP) is 2.03. The fourth-order valence-electron chi connectivity index (χ4n) is 1.82. The maximum absolute atomic E-state index is 13.7. The SMILES string of the molecule is Cc1[nH]nc(CCN)c1-c1ccccc1F. The summed E-state index contributed by atoms with van der Waals surface area (Å²) in [4.78, 5) is 0. The first-order valence-corrected chi connectivity index (χ1v) is 5.23. The van der Waals surface area contributed by atoms with Crippen LogP contribution >= 0.6 is 0 Å². The molecule has 0 saturated carbocycles. The van der Waals surface area contributed by atoms with Crippen LogP contribution in [-0.2, 0) is 6.42 Å². The molecule has 0 spiro atoms. The number of hydrogen-bond donors (Lipinski definition) is 2. The zero-order valence-electron chi connectivity index (χ0n) is 9.13. The van der Waals surface area contributed by atoms with E-state index < -0.39 is 0 Å². The average molecular weight is 219 g/mol. The predicted molar refractivity (Wildman–Crippen MR) is 61.5 cm³/mol. The highest BCUT2D eigenvalue weighted by atomic mass is 19.1. The van der Waals surface area contributed by atoms with Gasteiger partial charge in [-0.15, -0.1) is 0 Å². The summed E-state index contributed by atoms with van der Waals surface area (Å²) >= 11 is 0. The molecule has 0 aliphatic rings. The highest BCUT2D eigenvalue weighted by Crippen LogP contribution is 2.28. The smallest absolute Gasteiger partial charge is 0.131 e. The number of H-pyrrole nitrogens is 1. The first-order chi connectivity index (χ1) is 7.74. The molecule has 0 radical (unpaired) electrons. The molecule has 16 heavy (non-hydrogen) atoms. The third-order valence-electron chi connectivity index (χ3n) is 2.55. The molecule has 0 saturated heterocycles. The number of aryl methyl sites for hydroxylation is 1. The topological polar surface area (TPSA) is 54.7 Å². The quantitative estimate of drug-likeness (QED) is 0.829. The van der Waals surface area contributed by atoms with Gasteiger partial charge < -0.3 is 5.73 Å². The Bertz CT molecular complexity index is 491. The van der Waals surface area contributed by atoms with Crippen LogP contribution in [0.3, 0.4) is 0 Å². The Morgan fingerprint density at radius 1 is 1.38 bits per heavy atom. The van der Waals surface area contributed by atoms with E-state index in [4.69, 9.17) is 5.73 Å². The molecule has 3 N–H and O–H groups in total. The van der Waals surface area contributed by atoms with Gasteiger partial charge in [0.05, 0.1) is 5.69 Å². The monoisotopic (exact) mass is 219 g/mol. The van der Waals surface area contributed by atoms with Gasteiger partial charge in [0.2, 0.25) is 0 Å². The summed E-state index contributed by atoms with van der Waals surface area (Å²) < 4.78 is 13.7. The highest BCUT2D eigenvalue weighted by molar-refractivity contribution is 5.69. The number of nitrogens with two attached hydrogens (primary N) is 1. The van der Waals surface area contributed by atoms with Crippen LogP contribution in [0.25, 0.3) is 11.1 Å². The number of hydrogen-bond acceptors (Lipinski definition) is 2. The Balaban J connectivity index is 2.54. The lowest BCUT2D eigenvalue weighted by molar-refractivity contribution is 0.631. The highest BCUT2D eigenvalue weighted by Gasteiger charge is 2.14. The van der Waals surface area contributed by atoms with Gasteiger partial charge in [-0.2, -0.15) is 5.10 Å². The van der Waals surface area contributed by atoms with E-state index in [1.165, 1.54) is 6.07 Å². The van der Waals surface area contributed by atoms with Gasteiger partial charge in [-0.05, 0) is 19.5 Å². The van der Waals surface area contributed by atoms with Gasteiger partial charge in [-0.1, -0.05) is 18.2 Å². The normalized spacial score (nSPS) is 10.7. The molecular weight excluding hydrogens is 205 g/mol. The van der Waals surface area contributed by atoms with E-state index in [1.54, 1.807) is 12.1 Å². The van der Waals surface area contributed by atoms with Crippen LogP contribution in [-0.4, -0.2) is 16.7 Å². The Kier molecular flexibility index (Phi) is 3.01. The van der Waals surface area contributed by atoms with Crippen molar-refractivity contribution in [1.82, 2.24) is 10.2 Å². The molecule has 2 aromatic rings. The van der Waals surface area contributed by atoms with E-state index >= 15 is 0 Å². The lowest BCUT2D eigenvalue weighted by Gasteiger charge is -2.04. The Labute approximate surface area is 93.5 Å². The van der Waals surface area contributed by atoms with Crippen molar-refractivity contribution < 1.29 is 4.39 Å². The summed E-state index contributed by atoms with van der Waals surface area (Å²) in [7, 11) is 0. The van der Waals surface area contributed by atoms with Gasteiger partial charge in [0.15, 0.2) is 0 Å². The molecule has 0 bridgehead atoms. The standard InChI is InChI=1S/C12H14FN3/c1-8-12(11(6-7-14)16-15-8)9-4-2-3-5-10(9)13/h2-5H,6-7,14H2,1H3,(H,15,16). The van der Waals surface area contributed by atoms with E-state index in [9.17, 15) is 4.39 Å². The van der Waals surface area contributed by atoms with Crippen molar-refractivity contribution in [2.24, 2.45) is 5.73 Å². The zero-order chi connectivity index (χ0) is 11.5. The minimum Gasteiger partial charge on any atom is -0.330 e. The summed E-state index contributed by atoms with van der Waals surface area (Å²) in [6.45, 7) is 2.39. The largest absolute Gasteiger partial charge is 0.330 e. The summed E-state index contributed by atoms with van der Waals surface area (Å²) in [5, 5.41) is 7.03. The molecule has 0 atom stereocenters. The second-order valence-corrected chi connectivity index (χ2v) is 3.69. The van der Waals surface area contributed by atoms with Gasteiger partial charge in [-0.25, -0.2) is 4.39 Å². The molecule has 1 aromatic carbocycles. The first-order valence-electron chi connectivity index (χ1n) is 5.23. The van der Waals surface area contributed by atoms with Crippen LogP contribution in [0.1, 0.15) is 11.4 Å². The fraction of sp³-hybridized carbons (Fsp3) is 0.250. The number of aromatic amines is 1. The Morgan fingerprint density at radius 3 is 2.81 bits per heavy atom. The van der Waals surface area contributed by atoms with Crippen molar-refractivity contribution in [2.45, 2.75) is 13.3 Å². The minimum atomic E-state index is -0.231. The molecule has 0 unspecified atom stereocenters. The second-order valence-electron chi connectivity index (χ2n) is 3.69. The lowest BCUT2D eigenvalue weighted by atomic mass is 10.0. The van der Waals surface area contributed by atoms with Crippen molar-refractivity contribution in [3.63, 3.8) is 0 Å². The third kappa shape index (κ3) is 1.84. The molecule has 1 heterocycles. The summed E-state index contributed by atoms with van der Waals surface area (Å²) in [6.07, 6.45) is 0.647. The van der Waals surface area contributed by atoms with Gasteiger partial charge in [0.1, 0.15) is 5.82 Å². The van der Waals surface area contributed by atoms with Gasteiger partial charge in [0.25, 0.3) is 0 Å². The zero-order valence-corrected chi connectivity index (χ0v) is 9.13. The van der Waals surface area contributed by atoms with Crippen molar-refractivity contribution in [3.8, 4) is 11.1 Å². The Morgan fingerprint density at radius 2 is 2.12 bits per heavy atom. The van der Waals surface area contributed by atoms with Crippen LogP contribution in [0.5, 0.6) is 0 Å². The second kappa shape index (κ2) is 4.45. The molecule has 2 rings (SSSR count). The van der Waals surface area contributed by atoms with Gasteiger partial charge in [-0.3, -0.25) is 5.10 Å². The van der Waals surface area contributed by atoms with E-state index in [0.717, 1.165) is 17.0 Å². The van der Waals surface area contributed by atoms with Crippen LogP contribution in [0.15, 0.2) is 24.3 Å². The molecule has 1 aromatic heterocycles. The van der Waals surface area contributed by atoms with Crippen LogP contribution in [0.4, 0.5) is 4.39 Å². The number of aromatic nitrogens is 2. The molecule has 0 aliphatic carbocycles. The third-order valence-corrected chi connectivity index (χ3v) is 2.55. The van der Waals surface area contributed by atoms with Crippen molar-refractivity contribution >= 4 is 0 Å². The maximum Gasteiger partial charge on any atom is 0.131 e. The number of halogens is 1. The van der Waals surface area contributed by atoms with Crippen molar-refractivity contribution in [1.29, 1.82) is 0 Å². The minimum absolute atomic E-state index is 0.231. The van der Waals surface area contributed by atoms with Gasteiger partial charge >= 0.3 is 0 Å². The maximum atomic E-state index is 13.7. The van der Waals surface area contributed by atoms with Crippen molar-refractivity contribution in [3.05, 3.63) is 41.5 Å². The number of nitrogens with one attached hydrogen (secondary N) is 1. The van der Waals surface area contributed by atoms with Crippen LogP contribution in [0.2, 0.25) is 0 Å². The Hall–Kier alpha value is -1.68. The molecular formula is C12H14FN3. The van der Waals surface area contributed by atoms with E-state index in [0.29, 0.717) is 18.5 Å². The average Bonchev–Trinajstić information content (AvgIpc) is 2.62. The molecule has 0 fully saturated rings. The fourth-order valence-corrected chi connectivity index (χ4v) is 1.82. The molecule has 0 amide bonds. The van der Waals surface area contributed by atoms with E-state index in [-0.39, 0.29) is 5.82 Å². The molecule has 3 nitrogen and oxygen atoms in total. The summed E-state index contributed by atoms with van der Waals surface area (Å²) in [6, 6.07) is 6.70. The van der Waals surface area contributed by atoms with Gasteiger partial charge in [0, 0.05) is 23.2 Å². The lowest BCUT2D eigenvalue weighted by Crippen LogP contribution is -2.04. The summed E-state index contributed by atoms with van der Waals surface area (Å²) in [5.74, 6) is -0.231. The van der Waals surface area contributed by atoms with Crippen LogP contribution in [0, 0.1) is 12.7 Å².